The SMILES string of the molecule is Cc1cccc(CN[C@@H]2CN(S(=O)(=O)c3cn(C)cn3)C[C@H]2c2ccc(F)cc2)c1. The third kappa shape index (κ3) is 4.30. The summed E-state index contributed by atoms with van der Waals surface area (Å²) in [5, 5.41) is 3.57. The second-order valence-electron chi connectivity index (χ2n) is 7.83. The van der Waals surface area contributed by atoms with E-state index >= 15 is 0 Å². The van der Waals surface area contributed by atoms with Gasteiger partial charge in [-0.25, -0.2) is 17.8 Å². The van der Waals surface area contributed by atoms with Gasteiger partial charge in [0.25, 0.3) is 10.0 Å². The maximum atomic E-state index is 13.4. The van der Waals surface area contributed by atoms with Gasteiger partial charge < -0.3 is 9.88 Å². The number of aromatic nitrogens is 2. The second kappa shape index (κ2) is 8.29. The summed E-state index contributed by atoms with van der Waals surface area (Å²) in [6.45, 7) is 3.31. The minimum Gasteiger partial charge on any atom is -0.339 e. The van der Waals surface area contributed by atoms with Crippen LogP contribution in [-0.4, -0.2) is 41.4 Å². The Labute approximate surface area is 176 Å². The first-order chi connectivity index (χ1) is 14.3. The molecule has 4 rings (SSSR count). The molecular weight excluding hydrogens is 403 g/mol. The maximum Gasteiger partial charge on any atom is 0.262 e. The number of imidazole rings is 1. The molecule has 30 heavy (non-hydrogen) atoms. The third-order valence-corrected chi connectivity index (χ3v) is 7.24. The van der Waals surface area contributed by atoms with E-state index in [0.717, 1.165) is 11.1 Å². The van der Waals surface area contributed by atoms with Crippen LogP contribution in [0.25, 0.3) is 0 Å². The molecule has 0 saturated carbocycles. The van der Waals surface area contributed by atoms with E-state index in [9.17, 15) is 12.8 Å². The number of halogens is 1. The van der Waals surface area contributed by atoms with Crippen molar-refractivity contribution in [3.8, 4) is 0 Å². The Morgan fingerprint density at radius 2 is 1.93 bits per heavy atom. The van der Waals surface area contributed by atoms with Crippen LogP contribution in [0.1, 0.15) is 22.6 Å². The van der Waals surface area contributed by atoms with Crippen molar-refractivity contribution in [3.63, 3.8) is 0 Å². The summed E-state index contributed by atoms with van der Waals surface area (Å²) in [5.74, 6) is -0.395. The van der Waals surface area contributed by atoms with Gasteiger partial charge in [-0.1, -0.05) is 42.0 Å². The molecule has 1 aliphatic heterocycles. The highest BCUT2D eigenvalue weighted by molar-refractivity contribution is 7.89. The molecule has 0 aliphatic carbocycles. The fourth-order valence-corrected chi connectivity index (χ4v) is 5.40. The molecule has 0 spiro atoms. The number of hydrogen-bond acceptors (Lipinski definition) is 4. The summed E-state index contributed by atoms with van der Waals surface area (Å²) in [4.78, 5) is 4.03. The van der Waals surface area contributed by atoms with Crippen LogP contribution in [-0.2, 0) is 23.6 Å². The molecule has 1 aromatic heterocycles. The molecule has 3 aromatic rings. The highest BCUT2D eigenvalue weighted by atomic mass is 32.2. The molecule has 0 bridgehead atoms. The summed E-state index contributed by atoms with van der Waals surface area (Å²) in [5.41, 5.74) is 3.23. The van der Waals surface area contributed by atoms with Gasteiger partial charge in [0.05, 0.1) is 6.33 Å². The van der Waals surface area contributed by atoms with Crippen LogP contribution < -0.4 is 5.32 Å². The van der Waals surface area contributed by atoms with Gasteiger partial charge in [-0.15, -0.1) is 0 Å². The highest BCUT2D eigenvalue weighted by Gasteiger charge is 2.40. The lowest BCUT2D eigenvalue weighted by Crippen LogP contribution is -2.36. The van der Waals surface area contributed by atoms with E-state index in [-0.39, 0.29) is 22.8 Å². The minimum atomic E-state index is -3.70. The van der Waals surface area contributed by atoms with Gasteiger partial charge in [0, 0.05) is 44.8 Å². The van der Waals surface area contributed by atoms with Crippen LogP contribution in [0.3, 0.4) is 0 Å². The molecule has 0 unspecified atom stereocenters. The average Bonchev–Trinajstić information content (AvgIpc) is 3.34. The Bertz CT molecular complexity index is 1130. The van der Waals surface area contributed by atoms with Crippen molar-refractivity contribution in [2.75, 3.05) is 13.1 Å². The normalized spacial score (nSPS) is 20.0. The molecular formula is C22H25FN4O2S. The summed E-state index contributed by atoms with van der Waals surface area (Å²) in [7, 11) is -1.96. The van der Waals surface area contributed by atoms with E-state index in [4.69, 9.17) is 0 Å². The van der Waals surface area contributed by atoms with Gasteiger partial charge >= 0.3 is 0 Å². The van der Waals surface area contributed by atoms with Gasteiger partial charge in [-0.3, -0.25) is 0 Å². The summed E-state index contributed by atoms with van der Waals surface area (Å²) in [6.07, 6.45) is 2.99. The van der Waals surface area contributed by atoms with Crippen molar-refractivity contribution in [1.29, 1.82) is 0 Å². The number of benzene rings is 2. The van der Waals surface area contributed by atoms with Crippen molar-refractivity contribution in [2.45, 2.75) is 30.5 Å². The Hall–Kier alpha value is -2.55. The number of rotatable bonds is 6. The molecule has 1 fully saturated rings. The monoisotopic (exact) mass is 428 g/mol. The summed E-state index contributed by atoms with van der Waals surface area (Å²) >= 11 is 0. The van der Waals surface area contributed by atoms with Crippen LogP contribution in [0.5, 0.6) is 0 Å². The Morgan fingerprint density at radius 3 is 2.60 bits per heavy atom. The van der Waals surface area contributed by atoms with Gasteiger partial charge in [0.1, 0.15) is 5.82 Å². The van der Waals surface area contributed by atoms with Gasteiger partial charge in [0.15, 0.2) is 5.03 Å². The van der Waals surface area contributed by atoms with E-state index in [2.05, 4.69) is 16.4 Å². The number of nitrogens with one attached hydrogen (secondary N) is 1. The Kier molecular flexibility index (Phi) is 5.73. The highest BCUT2D eigenvalue weighted by Crippen LogP contribution is 2.31. The third-order valence-electron chi connectivity index (χ3n) is 5.52. The summed E-state index contributed by atoms with van der Waals surface area (Å²) < 4.78 is 42.7. The van der Waals surface area contributed by atoms with Crippen LogP contribution in [0.15, 0.2) is 66.1 Å². The number of nitrogens with zero attached hydrogens (tertiary/aromatic N) is 3. The standard InChI is InChI=1S/C22H25FN4O2S/c1-16-4-3-5-17(10-16)11-24-21-13-27(30(28,29)22-14-26(2)15-25-22)12-20(21)18-6-8-19(23)9-7-18/h3-10,14-15,20-21,24H,11-13H2,1-2H3/t20-,21+/m0/s1. The molecule has 1 saturated heterocycles. The van der Waals surface area contributed by atoms with E-state index in [1.165, 1.54) is 34.5 Å². The van der Waals surface area contributed by atoms with Crippen LogP contribution >= 0.6 is 0 Å². The predicted molar refractivity (Wildman–Crippen MR) is 113 cm³/mol. The van der Waals surface area contributed by atoms with Crippen LogP contribution in [0.2, 0.25) is 0 Å². The van der Waals surface area contributed by atoms with Crippen LogP contribution in [0.4, 0.5) is 4.39 Å². The molecule has 1 aliphatic rings. The molecule has 158 valence electrons. The first-order valence-corrected chi connectivity index (χ1v) is 11.3. The summed E-state index contributed by atoms with van der Waals surface area (Å²) in [6, 6.07) is 14.4. The predicted octanol–water partition coefficient (Wildman–Crippen LogP) is 2.81. The lowest BCUT2D eigenvalue weighted by Gasteiger charge is -2.20. The zero-order valence-corrected chi connectivity index (χ0v) is 17.8. The minimum absolute atomic E-state index is 0.0437. The zero-order chi connectivity index (χ0) is 21.3. The molecule has 0 amide bonds. The Morgan fingerprint density at radius 1 is 1.17 bits per heavy atom. The van der Waals surface area contributed by atoms with Gasteiger partial charge in [0.2, 0.25) is 0 Å². The van der Waals surface area contributed by atoms with Crippen molar-refractivity contribution >= 4 is 10.0 Å². The second-order valence-corrected chi connectivity index (χ2v) is 9.72. The Balaban J connectivity index is 1.59. The number of aryl methyl sites for hydroxylation is 2. The fourth-order valence-electron chi connectivity index (χ4n) is 3.94. The number of sulfonamides is 1. The van der Waals surface area contributed by atoms with Gasteiger partial charge in [-0.05, 0) is 30.2 Å². The topological polar surface area (TPSA) is 67.2 Å². The lowest BCUT2D eigenvalue weighted by molar-refractivity contribution is 0.454. The number of hydrogen-bond donors (Lipinski definition) is 1. The molecule has 0 radical (unpaired) electrons. The van der Waals surface area contributed by atoms with E-state index < -0.39 is 10.0 Å². The molecule has 1 N–H and O–H groups in total. The molecule has 2 aromatic carbocycles. The molecule has 6 nitrogen and oxygen atoms in total. The van der Waals surface area contributed by atoms with Crippen LogP contribution in [0, 0.1) is 12.7 Å². The van der Waals surface area contributed by atoms with Crippen molar-refractivity contribution in [2.24, 2.45) is 7.05 Å². The molecule has 2 heterocycles. The van der Waals surface area contributed by atoms with Crippen molar-refractivity contribution < 1.29 is 12.8 Å². The maximum absolute atomic E-state index is 13.4. The van der Waals surface area contributed by atoms with E-state index in [0.29, 0.717) is 19.6 Å². The fraction of sp³-hybridized carbons (Fsp3) is 0.318. The largest absolute Gasteiger partial charge is 0.339 e. The van der Waals surface area contributed by atoms with Crippen molar-refractivity contribution in [1.82, 2.24) is 19.2 Å². The lowest BCUT2D eigenvalue weighted by atomic mass is 9.94. The average molecular weight is 429 g/mol. The zero-order valence-electron chi connectivity index (χ0n) is 17.0. The quantitative estimate of drug-likeness (QED) is 0.656. The molecule has 2 atom stereocenters. The van der Waals surface area contributed by atoms with E-state index in [1.807, 2.05) is 25.1 Å². The first-order valence-electron chi connectivity index (χ1n) is 9.85. The van der Waals surface area contributed by atoms with E-state index in [1.54, 1.807) is 23.7 Å². The van der Waals surface area contributed by atoms with Gasteiger partial charge in [-0.2, -0.15) is 4.31 Å². The van der Waals surface area contributed by atoms with Crippen molar-refractivity contribution in [3.05, 3.63) is 83.6 Å². The smallest absolute Gasteiger partial charge is 0.262 e. The first kappa shape index (κ1) is 20.7. The molecule has 8 heteroatoms.